The normalized spacial score (nSPS) is 14.1. The first kappa shape index (κ1) is 13.8. The summed E-state index contributed by atoms with van der Waals surface area (Å²) in [5, 5.41) is 14.4. The van der Waals surface area contributed by atoms with Crippen molar-refractivity contribution in [2.75, 3.05) is 17.6 Å². The maximum Gasteiger partial charge on any atom is 0.265 e. The average molecular weight is 307 g/mol. The van der Waals surface area contributed by atoms with Crippen molar-refractivity contribution in [1.82, 2.24) is 25.3 Å². The lowest BCUT2D eigenvalue weighted by Crippen LogP contribution is -2.25. The van der Waals surface area contributed by atoms with Crippen LogP contribution >= 0.6 is 11.3 Å². The molecule has 2 aromatic heterocycles. The summed E-state index contributed by atoms with van der Waals surface area (Å²) in [7, 11) is 0. The molecular weight excluding hydrogens is 290 g/mol. The highest BCUT2D eigenvalue weighted by Crippen LogP contribution is 2.30. The summed E-state index contributed by atoms with van der Waals surface area (Å²) in [5.41, 5.74) is 5.80. The fourth-order valence-corrected chi connectivity index (χ4v) is 2.71. The third-order valence-corrected chi connectivity index (χ3v) is 4.09. The molecule has 0 aromatic carbocycles. The number of hydrogen-bond acceptors (Lipinski definition) is 7. The molecule has 0 spiro atoms. The van der Waals surface area contributed by atoms with Gasteiger partial charge in [0.05, 0.1) is 6.20 Å². The Balaban J connectivity index is 1.46. The van der Waals surface area contributed by atoms with E-state index in [1.165, 1.54) is 11.3 Å². The lowest BCUT2D eigenvalue weighted by Gasteiger charge is -2.03. The van der Waals surface area contributed by atoms with Crippen LogP contribution in [0, 0.1) is 0 Å². The van der Waals surface area contributed by atoms with Crippen molar-refractivity contribution in [1.29, 1.82) is 0 Å². The Morgan fingerprint density at radius 1 is 1.52 bits per heavy atom. The quantitative estimate of drug-likeness (QED) is 0.650. The number of nitrogens with one attached hydrogen (secondary N) is 2. The highest BCUT2D eigenvalue weighted by Gasteiger charge is 2.24. The van der Waals surface area contributed by atoms with Gasteiger partial charge in [-0.3, -0.25) is 9.48 Å². The molecule has 0 saturated heterocycles. The Bertz CT molecular complexity index is 605. The number of nitrogens with two attached hydrogens (primary N) is 1. The second-order valence-corrected chi connectivity index (χ2v) is 5.93. The van der Waals surface area contributed by atoms with Crippen LogP contribution < -0.4 is 16.4 Å². The Kier molecular flexibility index (Phi) is 4.00. The largest absolute Gasteiger partial charge is 0.382 e. The van der Waals surface area contributed by atoms with E-state index < -0.39 is 0 Å². The highest BCUT2D eigenvalue weighted by molar-refractivity contribution is 7.18. The molecule has 21 heavy (non-hydrogen) atoms. The van der Waals surface area contributed by atoms with Crippen molar-refractivity contribution < 1.29 is 4.79 Å². The number of aromatic nitrogens is 4. The lowest BCUT2D eigenvalue weighted by molar-refractivity contribution is 0.0957. The number of carbonyl (C=O) groups excluding carboxylic acids is 1. The van der Waals surface area contributed by atoms with Gasteiger partial charge in [-0.1, -0.05) is 16.6 Å². The summed E-state index contributed by atoms with van der Waals surface area (Å²) >= 11 is 1.30. The Hall–Kier alpha value is -2.16. The molecule has 0 atom stereocenters. The third-order valence-electron chi connectivity index (χ3n) is 3.09. The molecule has 3 rings (SSSR count). The van der Waals surface area contributed by atoms with E-state index in [0.717, 1.165) is 24.4 Å². The number of aryl methyl sites for hydroxylation is 1. The van der Waals surface area contributed by atoms with Gasteiger partial charge in [0.25, 0.3) is 5.91 Å². The minimum Gasteiger partial charge on any atom is -0.382 e. The summed E-state index contributed by atoms with van der Waals surface area (Å²) in [5.74, 6) is 0.115. The van der Waals surface area contributed by atoms with Crippen molar-refractivity contribution in [2.24, 2.45) is 0 Å². The molecule has 1 saturated carbocycles. The predicted octanol–water partition coefficient (Wildman–Crippen LogP) is 0.711. The van der Waals surface area contributed by atoms with Crippen molar-refractivity contribution in [3.8, 4) is 0 Å². The molecule has 0 unspecified atom stereocenters. The van der Waals surface area contributed by atoms with Crippen LogP contribution in [0.2, 0.25) is 0 Å². The third kappa shape index (κ3) is 3.69. The summed E-state index contributed by atoms with van der Waals surface area (Å²) in [6.07, 6.45) is 6.51. The van der Waals surface area contributed by atoms with E-state index in [0.29, 0.717) is 24.0 Å². The van der Waals surface area contributed by atoms with E-state index in [4.69, 9.17) is 5.73 Å². The lowest BCUT2D eigenvalue weighted by atomic mass is 10.4. The molecule has 4 N–H and O–H groups in total. The fraction of sp³-hybridized carbons (Fsp3) is 0.500. The van der Waals surface area contributed by atoms with Gasteiger partial charge in [0.1, 0.15) is 10.7 Å². The van der Waals surface area contributed by atoms with E-state index in [9.17, 15) is 4.79 Å². The van der Waals surface area contributed by atoms with Gasteiger partial charge in [0.15, 0.2) is 5.13 Å². The van der Waals surface area contributed by atoms with Crippen LogP contribution in [0.3, 0.4) is 0 Å². The van der Waals surface area contributed by atoms with Crippen molar-refractivity contribution >= 4 is 28.2 Å². The average Bonchev–Trinajstić information content (AvgIpc) is 2.98. The minimum atomic E-state index is -0.174. The van der Waals surface area contributed by atoms with Gasteiger partial charge in [-0.15, -0.1) is 5.10 Å². The van der Waals surface area contributed by atoms with Gasteiger partial charge in [-0.2, -0.15) is 0 Å². The molecule has 2 aromatic rings. The molecule has 1 aliphatic rings. The number of amides is 1. The monoisotopic (exact) mass is 307 g/mol. The van der Waals surface area contributed by atoms with Crippen LogP contribution in [-0.4, -0.2) is 38.5 Å². The smallest absolute Gasteiger partial charge is 0.265 e. The Morgan fingerprint density at radius 3 is 3.10 bits per heavy atom. The van der Waals surface area contributed by atoms with Gasteiger partial charge in [0, 0.05) is 25.3 Å². The highest BCUT2D eigenvalue weighted by atomic mass is 32.1. The summed E-state index contributed by atoms with van der Waals surface area (Å²) < 4.78 is 1.73. The number of rotatable bonds is 7. The molecule has 0 bridgehead atoms. The second-order valence-electron chi connectivity index (χ2n) is 4.93. The first-order valence-corrected chi connectivity index (χ1v) is 7.69. The van der Waals surface area contributed by atoms with Crippen LogP contribution in [0.1, 0.15) is 28.9 Å². The molecule has 112 valence electrons. The van der Waals surface area contributed by atoms with Crippen LogP contribution in [-0.2, 0) is 6.54 Å². The van der Waals surface area contributed by atoms with Gasteiger partial charge in [-0.05, 0) is 19.3 Å². The number of nitrogens with zero attached hydrogens (tertiary/aromatic N) is 4. The summed E-state index contributed by atoms with van der Waals surface area (Å²) in [4.78, 5) is 16.7. The molecule has 1 fully saturated rings. The van der Waals surface area contributed by atoms with E-state index >= 15 is 0 Å². The number of carbonyl (C=O) groups is 1. The maximum absolute atomic E-state index is 12.1. The number of nitrogen functional groups attached to an aromatic ring is 1. The molecule has 8 nitrogen and oxygen atoms in total. The Labute approximate surface area is 125 Å². The molecule has 1 amide bonds. The molecule has 0 radical (unpaired) electrons. The van der Waals surface area contributed by atoms with Crippen LogP contribution in [0.25, 0.3) is 0 Å². The van der Waals surface area contributed by atoms with E-state index in [-0.39, 0.29) is 11.7 Å². The predicted molar refractivity (Wildman–Crippen MR) is 80.1 cm³/mol. The van der Waals surface area contributed by atoms with Gasteiger partial charge >= 0.3 is 0 Å². The SMILES string of the molecule is Nc1nc(NC2CC2)sc1C(=O)NCCCn1ccnn1. The second kappa shape index (κ2) is 6.08. The van der Waals surface area contributed by atoms with Crippen LogP contribution in [0.5, 0.6) is 0 Å². The zero-order valence-corrected chi connectivity index (χ0v) is 12.3. The van der Waals surface area contributed by atoms with Gasteiger partial charge in [-0.25, -0.2) is 4.98 Å². The molecule has 1 aliphatic carbocycles. The number of thiazole rings is 1. The standard InChI is InChI=1S/C12H17N7OS/c13-10-9(21-12(17-10)16-8-2-3-8)11(20)14-4-1-6-19-7-5-15-18-19/h5,7-8H,1-4,6,13H2,(H,14,20)(H,16,17). The van der Waals surface area contributed by atoms with E-state index in [1.54, 1.807) is 17.1 Å². The van der Waals surface area contributed by atoms with Crippen LogP contribution in [0.15, 0.2) is 12.4 Å². The molecule has 0 aliphatic heterocycles. The first-order chi connectivity index (χ1) is 10.2. The van der Waals surface area contributed by atoms with Crippen LogP contribution in [0.4, 0.5) is 10.9 Å². The topological polar surface area (TPSA) is 111 Å². The molecule has 9 heteroatoms. The maximum atomic E-state index is 12.1. The fourth-order valence-electron chi connectivity index (χ4n) is 1.83. The summed E-state index contributed by atoms with van der Waals surface area (Å²) in [6, 6.07) is 0.495. The minimum absolute atomic E-state index is 0.174. The number of anilines is 2. The first-order valence-electron chi connectivity index (χ1n) is 6.87. The molecule has 2 heterocycles. The zero-order valence-electron chi connectivity index (χ0n) is 11.5. The Morgan fingerprint density at radius 2 is 2.38 bits per heavy atom. The van der Waals surface area contributed by atoms with Gasteiger partial charge < -0.3 is 16.4 Å². The zero-order chi connectivity index (χ0) is 14.7. The van der Waals surface area contributed by atoms with E-state index in [2.05, 4.69) is 25.9 Å². The van der Waals surface area contributed by atoms with Crippen molar-refractivity contribution in [3.63, 3.8) is 0 Å². The van der Waals surface area contributed by atoms with Crippen molar-refractivity contribution in [2.45, 2.75) is 31.8 Å². The van der Waals surface area contributed by atoms with Crippen molar-refractivity contribution in [3.05, 3.63) is 17.3 Å². The number of hydrogen-bond donors (Lipinski definition) is 3. The molecular formula is C12H17N7OS. The summed E-state index contributed by atoms with van der Waals surface area (Å²) in [6.45, 7) is 1.27. The van der Waals surface area contributed by atoms with Gasteiger partial charge in [0.2, 0.25) is 0 Å². The van der Waals surface area contributed by atoms with E-state index in [1.807, 2.05) is 0 Å².